The maximum absolute atomic E-state index is 12.0. The van der Waals surface area contributed by atoms with Gasteiger partial charge in [-0.05, 0) is 45.7 Å². The molecule has 0 amide bonds. The van der Waals surface area contributed by atoms with Crippen LogP contribution >= 0.6 is 0 Å². The molecule has 0 fully saturated rings. The average molecular weight is 299 g/mol. The van der Waals surface area contributed by atoms with E-state index in [0.29, 0.717) is 12.2 Å². The highest BCUT2D eigenvalue weighted by Gasteiger charge is 2.28. The predicted octanol–water partition coefficient (Wildman–Crippen LogP) is 2.17. The van der Waals surface area contributed by atoms with Gasteiger partial charge in [0.15, 0.2) is 9.84 Å². The van der Waals surface area contributed by atoms with Gasteiger partial charge in [-0.1, -0.05) is 18.2 Å². The van der Waals surface area contributed by atoms with Crippen molar-refractivity contribution in [3.8, 4) is 5.75 Å². The van der Waals surface area contributed by atoms with Crippen molar-refractivity contribution in [2.24, 2.45) is 5.73 Å². The van der Waals surface area contributed by atoms with E-state index < -0.39 is 14.6 Å². The summed E-state index contributed by atoms with van der Waals surface area (Å²) in [5.74, 6) is 0.733. The fourth-order valence-electron chi connectivity index (χ4n) is 1.73. The molecule has 114 valence electrons. The number of ether oxygens (including phenoxy) is 1. The first kappa shape index (κ1) is 17.0. The highest BCUT2D eigenvalue weighted by atomic mass is 32.2. The lowest BCUT2D eigenvalue weighted by Crippen LogP contribution is -2.32. The van der Waals surface area contributed by atoms with E-state index in [1.54, 1.807) is 20.8 Å². The van der Waals surface area contributed by atoms with Crippen molar-refractivity contribution in [3.05, 3.63) is 29.8 Å². The lowest BCUT2D eigenvalue weighted by molar-refractivity contribution is 0.335. The Morgan fingerprint density at radius 3 is 2.40 bits per heavy atom. The van der Waals surface area contributed by atoms with Gasteiger partial charge in [0, 0.05) is 6.04 Å². The van der Waals surface area contributed by atoms with Crippen molar-refractivity contribution in [2.45, 2.75) is 44.9 Å². The van der Waals surface area contributed by atoms with Crippen molar-refractivity contribution >= 4 is 9.84 Å². The van der Waals surface area contributed by atoms with Crippen LogP contribution < -0.4 is 10.5 Å². The van der Waals surface area contributed by atoms with Gasteiger partial charge in [-0.2, -0.15) is 0 Å². The molecule has 1 rings (SSSR count). The minimum Gasteiger partial charge on any atom is -0.492 e. The molecule has 1 aromatic carbocycles. The molecule has 0 aliphatic rings. The number of hydrogen-bond donors (Lipinski definition) is 1. The average Bonchev–Trinajstić information content (AvgIpc) is 2.29. The van der Waals surface area contributed by atoms with E-state index in [2.05, 4.69) is 0 Å². The minimum atomic E-state index is -3.15. The van der Waals surface area contributed by atoms with Gasteiger partial charge in [0.05, 0.1) is 10.5 Å². The summed E-state index contributed by atoms with van der Waals surface area (Å²) in [7, 11) is -3.15. The second-order valence-corrected chi connectivity index (χ2v) is 8.93. The summed E-state index contributed by atoms with van der Waals surface area (Å²) < 4.78 is 28.9. The molecule has 1 unspecified atom stereocenters. The maximum Gasteiger partial charge on any atom is 0.158 e. The Kier molecular flexibility index (Phi) is 5.59. The minimum absolute atomic E-state index is 0.0169. The summed E-state index contributed by atoms with van der Waals surface area (Å²) in [5, 5.41) is 0. The summed E-state index contributed by atoms with van der Waals surface area (Å²) in [6, 6.07) is 7.64. The zero-order valence-electron chi connectivity index (χ0n) is 12.7. The Morgan fingerprint density at radius 1 is 1.25 bits per heavy atom. The number of benzene rings is 1. The molecular formula is C15H25NO3S. The predicted molar refractivity (Wildman–Crippen MR) is 82.8 cm³/mol. The van der Waals surface area contributed by atoms with Crippen LogP contribution in [0.2, 0.25) is 0 Å². The summed E-state index contributed by atoms with van der Waals surface area (Å²) in [6.45, 7) is 7.20. The van der Waals surface area contributed by atoms with Gasteiger partial charge in [-0.25, -0.2) is 8.42 Å². The van der Waals surface area contributed by atoms with Gasteiger partial charge >= 0.3 is 0 Å². The Hall–Kier alpha value is -1.07. The van der Waals surface area contributed by atoms with Crippen molar-refractivity contribution in [3.63, 3.8) is 0 Å². The quantitative estimate of drug-likeness (QED) is 0.874. The second-order valence-electron chi connectivity index (χ2n) is 6.07. The van der Waals surface area contributed by atoms with E-state index in [4.69, 9.17) is 10.5 Å². The third-order valence-electron chi connectivity index (χ3n) is 3.06. The van der Waals surface area contributed by atoms with E-state index in [9.17, 15) is 8.42 Å². The van der Waals surface area contributed by atoms with Gasteiger partial charge < -0.3 is 10.5 Å². The van der Waals surface area contributed by atoms with Gasteiger partial charge in [0.25, 0.3) is 0 Å². The SMILES string of the molecule is CC(N)Cc1ccccc1OCCS(=O)(=O)C(C)(C)C. The lowest BCUT2D eigenvalue weighted by Gasteiger charge is -2.19. The molecule has 5 heteroatoms. The van der Waals surface area contributed by atoms with Crippen LogP contribution in [0, 0.1) is 0 Å². The number of para-hydroxylation sites is 1. The lowest BCUT2D eigenvalue weighted by atomic mass is 10.1. The van der Waals surface area contributed by atoms with E-state index in [1.807, 2.05) is 31.2 Å². The fraction of sp³-hybridized carbons (Fsp3) is 0.600. The number of rotatable bonds is 6. The Labute approximate surface area is 122 Å². The molecular weight excluding hydrogens is 274 g/mol. The summed E-state index contributed by atoms with van der Waals surface area (Å²) >= 11 is 0. The topological polar surface area (TPSA) is 69.4 Å². The van der Waals surface area contributed by atoms with Crippen LogP contribution in [0.1, 0.15) is 33.3 Å². The number of nitrogens with two attached hydrogens (primary N) is 1. The smallest absolute Gasteiger partial charge is 0.158 e. The highest BCUT2D eigenvalue weighted by molar-refractivity contribution is 7.92. The molecule has 4 nitrogen and oxygen atoms in total. The zero-order valence-corrected chi connectivity index (χ0v) is 13.5. The molecule has 0 heterocycles. The molecule has 0 aliphatic carbocycles. The first-order chi connectivity index (χ1) is 9.13. The molecule has 0 bridgehead atoms. The Balaban J connectivity index is 2.68. The molecule has 1 atom stereocenters. The van der Waals surface area contributed by atoms with Crippen LogP contribution in [-0.4, -0.2) is 31.6 Å². The highest BCUT2D eigenvalue weighted by Crippen LogP contribution is 2.20. The first-order valence-electron chi connectivity index (χ1n) is 6.82. The van der Waals surface area contributed by atoms with Gasteiger partial charge in [-0.3, -0.25) is 0 Å². The summed E-state index contributed by atoms with van der Waals surface area (Å²) in [5.41, 5.74) is 6.81. The molecule has 1 aromatic rings. The molecule has 2 N–H and O–H groups in total. The molecule has 0 saturated carbocycles. The maximum atomic E-state index is 12.0. The first-order valence-corrected chi connectivity index (χ1v) is 8.47. The normalized spacial score (nSPS) is 14.1. The fourth-order valence-corrected chi connectivity index (χ4v) is 2.64. The number of hydrogen-bond acceptors (Lipinski definition) is 4. The number of sulfone groups is 1. The molecule has 0 aromatic heterocycles. The van der Waals surface area contributed by atoms with Crippen LogP contribution in [0.15, 0.2) is 24.3 Å². The van der Waals surface area contributed by atoms with Gasteiger partial charge in [0.2, 0.25) is 0 Å². The Morgan fingerprint density at radius 2 is 1.85 bits per heavy atom. The molecule has 0 radical (unpaired) electrons. The second kappa shape index (κ2) is 6.59. The third kappa shape index (κ3) is 4.80. The van der Waals surface area contributed by atoms with Crippen molar-refractivity contribution in [1.82, 2.24) is 0 Å². The van der Waals surface area contributed by atoms with Gasteiger partial charge in [-0.15, -0.1) is 0 Å². The van der Waals surface area contributed by atoms with Crippen molar-refractivity contribution in [2.75, 3.05) is 12.4 Å². The van der Waals surface area contributed by atoms with E-state index in [0.717, 1.165) is 5.56 Å². The Bertz CT molecular complexity index is 530. The summed E-state index contributed by atoms with van der Waals surface area (Å²) in [6.07, 6.45) is 0.711. The van der Waals surface area contributed by atoms with Crippen LogP contribution in [0.5, 0.6) is 5.75 Å². The summed E-state index contributed by atoms with van der Waals surface area (Å²) in [4.78, 5) is 0. The standard InChI is InChI=1S/C15H25NO3S/c1-12(16)11-13-7-5-6-8-14(13)19-9-10-20(17,18)15(2,3)4/h5-8,12H,9-11,16H2,1-4H3. The van der Waals surface area contributed by atoms with Crippen LogP contribution in [-0.2, 0) is 16.3 Å². The molecule has 20 heavy (non-hydrogen) atoms. The molecule has 0 saturated heterocycles. The van der Waals surface area contributed by atoms with Crippen molar-refractivity contribution in [1.29, 1.82) is 0 Å². The monoisotopic (exact) mass is 299 g/mol. The van der Waals surface area contributed by atoms with E-state index >= 15 is 0 Å². The van der Waals surface area contributed by atoms with E-state index in [1.165, 1.54) is 0 Å². The molecule has 0 aliphatic heterocycles. The van der Waals surface area contributed by atoms with E-state index in [-0.39, 0.29) is 18.4 Å². The molecule has 0 spiro atoms. The van der Waals surface area contributed by atoms with Crippen molar-refractivity contribution < 1.29 is 13.2 Å². The van der Waals surface area contributed by atoms with Crippen LogP contribution in [0.4, 0.5) is 0 Å². The van der Waals surface area contributed by atoms with Crippen LogP contribution in [0.3, 0.4) is 0 Å². The van der Waals surface area contributed by atoms with Gasteiger partial charge in [0.1, 0.15) is 12.4 Å². The third-order valence-corrected chi connectivity index (χ3v) is 5.63. The largest absolute Gasteiger partial charge is 0.492 e. The van der Waals surface area contributed by atoms with Crippen LogP contribution in [0.25, 0.3) is 0 Å². The zero-order chi connectivity index (χ0) is 15.4.